The summed E-state index contributed by atoms with van der Waals surface area (Å²) < 4.78 is 24.3. The number of nitro groups is 1. The third kappa shape index (κ3) is 3.16. The van der Waals surface area contributed by atoms with Crippen LogP contribution in [0.15, 0.2) is 12.1 Å². The van der Waals surface area contributed by atoms with Crippen LogP contribution in [0.2, 0.25) is 0 Å². The van der Waals surface area contributed by atoms with Gasteiger partial charge < -0.3 is 15.2 Å². The molecule has 1 saturated carbocycles. The molecule has 7 heteroatoms. The topological polar surface area (TPSA) is 87.6 Å². The second-order valence-electron chi connectivity index (χ2n) is 4.87. The second-order valence-corrected chi connectivity index (χ2v) is 4.87. The van der Waals surface area contributed by atoms with E-state index in [4.69, 9.17) is 15.2 Å². The van der Waals surface area contributed by atoms with Crippen molar-refractivity contribution in [1.82, 2.24) is 0 Å². The van der Waals surface area contributed by atoms with E-state index in [1.807, 2.05) is 0 Å². The van der Waals surface area contributed by atoms with Crippen molar-refractivity contribution in [2.24, 2.45) is 5.73 Å². The van der Waals surface area contributed by atoms with Crippen molar-refractivity contribution in [1.29, 1.82) is 0 Å². The number of hydrogen-bond donors (Lipinski definition) is 1. The third-order valence-corrected chi connectivity index (χ3v) is 3.44. The Morgan fingerprint density at radius 2 is 1.95 bits per heavy atom. The predicted molar refractivity (Wildman–Crippen MR) is 70.5 cm³/mol. The Balaban J connectivity index is 2.17. The summed E-state index contributed by atoms with van der Waals surface area (Å²) in [5.74, 6) is -0.792. The average molecular weight is 284 g/mol. The summed E-state index contributed by atoms with van der Waals surface area (Å²) >= 11 is 0. The van der Waals surface area contributed by atoms with Crippen LogP contribution in [0.3, 0.4) is 0 Å². The van der Waals surface area contributed by atoms with Gasteiger partial charge in [0, 0.05) is 12.1 Å². The molecule has 0 radical (unpaired) electrons. The molecule has 0 unspecified atom stereocenters. The fourth-order valence-electron chi connectivity index (χ4n) is 2.31. The van der Waals surface area contributed by atoms with Crippen LogP contribution in [0.5, 0.6) is 11.5 Å². The summed E-state index contributed by atoms with van der Waals surface area (Å²) in [6, 6.07) is 2.22. The molecule has 0 aliphatic heterocycles. The Morgan fingerprint density at radius 1 is 1.30 bits per heavy atom. The number of nitro benzene ring substituents is 1. The zero-order chi connectivity index (χ0) is 14.7. The van der Waals surface area contributed by atoms with E-state index >= 15 is 0 Å². The lowest BCUT2D eigenvalue weighted by molar-refractivity contribution is -0.386. The van der Waals surface area contributed by atoms with Gasteiger partial charge in [-0.05, 0) is 25.7 Å². The zero-order valence-corrected chi connectivity index (χ0v) is 11.2. The molecule has 0 amide bonds. The number of hydrogen-bond acceptors (Lipinski definition) is 5. The molecule has 0 atom stereocenters. The van der Waals surface area contributed by atoms with Crippen LogP contribution in [0.1, 0.15) is 25.7 Å². The van der Waals surface area contributed by atoms with E-state index in [9.17, 15) is 14.5 Å². The van der Waals surface area contributed by atoms with Gasteiger partial charge in [-0.2, -0.15) is 0 Å². The quantitative estimate of drug-likeness (QED) is 0.677. The van der Waals surface area contributed by atoms with E-state index in [2.05, 4.69) is 0 Å². The highest BCUT2D eigenvalue weighted by atomic mass is 19.1. The van der Waals surface area contributed by atoms with Gasteiger partial charge in [0.15, 0.2) is 11.6 Å². The Labute approximate surface area is 115 Å². The minimum absolute atomic E-state index is 0.0149. The number of methoxy groups -OCH3 is 1. The van der Waals surface area contributed by atoms with Crippen molar-refractivity contribution in [3.05, 3.63) is 28.1 Å². The average Bonchev–Trinajstić information content (AvgIpc) is 2.42. The first-order chi connectivity index (χ1) is 9.51. The van der Waals surface area contributed by atoms with Gasteiger partial charge in [-0.3, -0.25) is 10.1 Å². The molecule has 1 aliphatic rings. The molecule has 20 heavy (non-hydrogen) atoms. The van der Waals surface area contributed by atoms with Gasteiger partial charge in [-0.25, -0.2) is 4.39 Å². The lowest BCUT2D eigenvalue weighted by atomic mass is 9.94. The van der Waals surface area contributed by atoms with Crippen molar-refractivity contribution < 1.29 is 18.8 Å². The van der Waals surface area contributed by atoms with Crippen LogP contribution in [0.4, 0.5) is 10.1 Å². The molecule has 1 aliphatic carbocycles. The first kappa shape index (κ1) is 14.5. The van der Waals surface area contributed by atoms with Crippen molar-refractivity contribution in [2.75, 3.05) is 7.11 Å². The zero-order valence-electron chi connectivity index (χ0n) is 11.2. The van der Waals surface area contributed by atoms with Crippen LogP contribution in [-0.2, 0) is 0 Å². The van der Waals surface area contributed by atoms with E-state index in [-0.39, 0.29) is 23.6 Å². The van der Waals surface area contributed by atoms with Crippen molar-refractivity contribution in [2.45, 2.75) is 37.8 Å². The minimum Gasteiger partial charge on any atom is -0.490 e. The summed E-state index contributed by atoms with van der Waals surface area (Å²) in [7, 11) is 1.30. The fraction of sp³-hybridized carbons (Fsp3) is 0.538. The van der Waals surface area contributed by atoms with Crippen LogP contribution >= 0.6 is 0 Å². The van der Waals surface area contributed by atoms with E-state index in [0.717, 1.165) is 31.7 Å². The lowest BCUT2D eigenvalue weighted by Crippen LogP contribution is -2.31. The van der Waals surface area contributed by atoms with Gasteiger partial charge in [0.05, 0.1) is 24.2 Å². The molecule has 2 rings (SSSR count). The molecule has 0 heterocycles. The van der Waals surface area contributed by atoms with Crippen LogP contribution in [0, 0.1) is 15.9 Å². The first-order valence-electron chi connectivity index (χ1n) is 6.45. The van der Waals surface area contributed by atoms with Gasteiger partial charge in [0.2, 0.25) is 5.75 Å². The number of ether oxygens (including phenoxy) is 2. The van der Waals surface area contributed by atoms with Gasteiger partial charge >= 0.3 is 5.69 Å². The standard InChI is InChI=1S/C13H17FN2O4/c1-19-13-7-12(10(14)6-11(13)16(17)18)20-9-4-2-8(15)3-5-9/h6-9H,2-5,15H2,1H3. The highest BCUT2D eigenvalue weighted by Gasteiger charge is 2.24. The van der Waals surface area contributed by atoms with Gasteiger partial charge in [0.25, 0.3) is 0 Å². The maximum absolute atomic E-state index is 13.8. The molecule has 0 spiro atoms. The monoisotopic (exact) mass is 284 g/mol. The minimum atomic E-state index is -0.757. The largest absolute Gasteiger partial charge is 0.490 e. The SMILES string of the molecule is COc1cc(OC2CCC(N)CC2)c(F)cc1[N+](=O)[O-]. The Hall–Kier alpha value is -1.89. The molecule has 1 aromatic carbocycles. The van der Waals surface area contributed by atoms with Crippen molar-refractivity contribution >= 4 is 5.69 Å². The maximum atomic E-state index is 13.8. The van der Waals surface area contributed by atoms with E-state index in [0.29, 0.717) is 0 Å². The normalized spacial score (nSPS) is 22.4. The van der Waals surface area contributed by atoms with Crippen molar-refractivity contribution in [3.63, 3.8) is 0 Å². The predicted octanol–water partition coefficient (Wildman–Crippen LogP) is 2.39. The smallest absolute Gasteiger partial charge is 0.314 e. The molecular formula is C13H17FN2O4. The molecular weight excluding hydrogens is 267 g/mol. The van der Waals surface area contributed by atoms with E-state index in [1.54, 1.807) is 0 Å². The molecule has 0 aromatic heterocycles. The summed E-state index contributed by atoms with van der Waals surface area (Å²) in [4.78, 5) is 10.1. The van der Waals surface area contributed by atoms with Crippen molar-refractivity contribution in [3.8, 4) is 11.5 Å². The fourth-order valence-corrected chi connectivity index (χ4v) is 2.31. The molecule has 0 saturated heterocycles. The highest BCUT2D eigenvalue weighted by molar-refractivity contribution is 5.51. The molecule has 110 valence electrons. The van der Waals surface area contributed by atoms with Crippen LogP contribution in [0.25, 0.3) is 0 Å². The second kappa shape index (κ2) is 6.04. The van der Waals surface area contributed by atoms with E-state index < -0.39 is 16.4 Å². The van der Waals surface area contributed by atoms with E-state index in [1.165, 1.54) is 13.2 Å². The molecule has 1 aromatic rings. The Kier molecular flexibility index (Phi) is 4.39. The highest BCUT2D eigenvalue weighted by Crippen LogP contribution is 2.35. The first-order valence-corrected chi connectivity index (χ1v) is 6.45. The maximum Gasteiger partial charge on any atom is 0.314 e. The number of rotatable bonds is 4. The van der Waals surface area contributed by atoms with Gasteiger partial charge in [0.1, 0.15) is 0 Å². The Bertz CT molecular complexity index is 501. The number of nitrogens with zero attached hydrogens (tertiary/aromatic N) is 1. The molecule has 0 bridgehead atoms. The van der Waals surface area contributed by atoms with Crippen LogP contribution < -0.4 is 15.2 Å². The number of halogens is 1. The number of benzene rings is 1. The number of nitrogens with two attached hydrogens (primary N) is 1. The molecule has 6 nitrogen and oxygen atoms in total. The summed E-state index contributed by atoms with van der Waals surface area (Å²) in [5.41, 5.74) is 5.38. The molecule has 2 N–H and O–H groups in total. The van der Waals surface area contributed by atoms with Gasteiger partial charge in [-0.15, -0.1) is 0 Å². The Morgan fingerprint density at radius 3 is 2.50 bits per heavy atom. The van der Waals surface area contributed by atoms with Gasteiger partial charge in [-0.1, -0.05) is 0 Å². The lowest BCUT2D eigenvalue weighted by Gasteiger charge is -2.26. The third-order valence-electron chi connectivity index (χ3n) is 3.44. The summed E-state index contributed by atoms with van der Waals surface area (Å²) in [6.07, 6.45) is 3.04. The summed E-state index contributed by atoms with van der Waals surface area (Å²) in [5, 5.41) is 10.8. The molecule has 1 fully saturated rings. The van der Waals surface area contributed by atoms with Crippen LogP contribution in [-0.4, -0.2) is 24.2 Å². The summed E-state index contributed by atoms with van der Waals surface area (Å²) in [6.45, 7) is 0.